The molecule has 2 aromatic rings. The molecule has 4 rings (SSSR count). The zero-order chi connectivity index (χ0) is 17.6. The average molecular weight is 335 g/mol. The molecule has 1 heterocycles. The number of hydrogen-bond acceptors (Lipinski definition) is 4. The van der Waals surface area contributed by atoms with Gasteiger partial charge in [-0.2, -0.15) is 5.26 Å². The molecule has 0 bridgehead atoms. The number of hydrogen-bond donors (Lipinski definition) is 1. The van der Waals surface area contributed by atoms with Crippen LogP contribution in [-0.2, 0) is 0 Å². The van der Waals surface area contributed by atoms with Crippen molar-refractivity contribution in [2.24, 2.45) is 5.92 Å². The summed E-state index contributed by atoms with van der Waals surface area (Å²) in [6, 6.07) is 11.2. The molecular weight excluding hydrogens is 321 g/mol. The van der Waals surface area contributed by atoms with Crippen LogP contribution >= 0.6 is 0 Å². The lowest BCUT2D eigenvalue weighted by molar-refractivity contribution is -0.384. The van der Waals surface area contributed by atoms with Crippen LogP contribution in [0.2, 0.25) is 0 Å². The predicted molar refractivity (Wildman–Crippen MR) is 90.6 cm³/mol. The van der Waals surface area contributed by atoms with E-state index in [1.807, 2.05) is 6.08 Å². The van der Waals surface area contributed by atoms with Crippen LogP contribution in [-0.4, -0.2) is 4.92 Å². The van der Waals surface area contributed by atoms with Crippen molar-refractivity contribution in [1.29, 1.82) is 5.26 Å². The molecule has 6 heteroatoms. The van der Waals surface area contributed by atoms with Gasteiger partial charge < -0.3 is 5.32 Å². The Balaban J connectivity index is 1.85. The van der Waals surface area contributed by atoms with Crippen LogP contribution in [0.4, 0.5) is 15.8 Å². The molecule has 0 saturated carbocycles. The van der Waals surface area contributed by atoms with E-state index < -0.39 is 4.92 Å². The lowest BCUT2D eigenvalue weighted by atomic mass is 9.76. The normalized spacial score (nSPS) is 23.3. The molecule has 3 atom stereocenters. The standard InChI is InChI=1S/C19H14FN3O2/c20-13-6-4-11(5-7-13)18-16-3-1-2-15(16)17-9-14(23(24)25)8-12(10-21)19(17)22-18/h1-2,4-9,15-16,18,22H,3H2/t15-,16+,18+/m1/s1. The van der Waals surface area contributed by atoms with E-state index in [1.54, 1.807) is 18.2 Å². The first-order valence-electron chi connectivity index (χ1n) is 7.99. The molecule has 2 aliphatic rings. The summed E-state index contributed by atoms with van der Waals surface area (Å²) in [5.74, 6) is -0.126. The molecule has 0 radical (unpaired) electrons. The minimum absolute atomic E-state index is 0.00157. The second-order valence-corrected chi connectivity index (χ2v) is 6.35. The van der Waals surface area contributed by atoms with E-state index in [4.69, 9.17) is 0 Å². The van der Waals surface area contributed by atoms with Crippen molar-refractivity contribution >= 4 is 11.4 Å². The lowest BCUT2D eigenvalue weighted by Gasteiger charge is -2.37. The van der Waals surface area contributed by atoms with Crippen molar-refractivity contribution < 1.29 is 9.31 Å². The number of nitrogens with one attached hydrogen (secondary N) is 1. The van der Waals surface area contributed by atoms with Gasteiger partial charge in [0, 0.05) is 18.1 Å². The van der Waals surface area contributed by atoms with Gasteiger partial charge in [0.1, 0.15) is 11.9 Å². The van der Waals surface area contributed by atoms with Crippen molar-refractivity contribution in [2.75, 3.05) is 5.32 Å². The molecule has 0 spiro atoms. The Morgan fingerprint density at radius 3 is 2.72 bits per heavy atom. The Hall–Kier alpha value is -3.20. The van der Waals surface area contributed by atoms with Crippen LogP contribution in [0.25, 0.3) is 0 Å². The number of allylic oxidation sites excluding steroid dienone is 2. The minimum Gasteiger partial charge on any atom is -0.377 e. The highest BCUT2D eigenvalue weighted by atomic mass is 19.1. The Bertz CT molecular complexity index is 931. The Morgan fingerprint density at radius 1 is 1.28 bits per heavy atom. The van der Waals surface area contributed by atoms with Crippen LogP contribution in [0.5, 0.6) is 0 Å². The number of halogens is 1. The fourth-order valence-corrected chi connectivity index (χ4v) is 3.88. The van der Waals surface area contributed by atoms with Crippen LogP contribution in [0, 0.1) is 33.2 Å². The van der Waals surface area contributed by atoms with Crippen molar-refractivity contribution in [3.05, 3.63) is 81.2 Å². The highest BCUT2D eigenvalue weighted by Crippen LogP contribution is 2.51. The zero-order valence-electron chi connectivity index (χ0n) is 13.1. The molecule has 0 saturated heterocycles. The van der Waals surface area contributed by atoms with Crippen molar-refractivity contribution in [3.8, 4) is 6.07 Å². The van der Waals surface area contributed by atoms with Gasteiger partial charge in [-0.05, 0) is 35.6 Å². The molecule has 124 valence electrons. The van der Waals surface area contributed by atoms with Gasteiger partial charge in [0.05, 0.1) is 22.2 Å². The van der Waals surface area contributed by atoms with Crippen LogP contribution in [0.3, 0.4) is 0 Å². The summed E-state index contributed by atoms with van der Waals surface area (Å²) >= 11 is 0. The maximum atomic E-state index is 13.3. The number of nitriles is 1. The summed E-state index contributed by atoms with van der Waals surface area (Å²) < 4.78 is 13.3. The number of benzene rings is 2. The molecule has 0 unspecified atom stereocenters. The number of non-ortho nitro benzene ring substituents is 1. The third-order valence-electron chi connectivity index (χ3n) is 5.01. The van der Waals surface area contributed by atoms with E-state index in [0.29, 0.717) is 5.69 Å². The molecule has 0 fully saturated rings. The Morgan fingerprint density at radius 2 is 2.04 bits per heavy atom. The van der Waals surface area contributed by atoms with E-state index >= 15 is 0 Å². The number of nitro groups is 1. The number of nitrogens with zero attached hydrogens (tertiary/aromatic N) is 2. The van der Waals surface area contributed by atoms with E-state index in [0.717, 1.165) is 17.5 Å². The first-order chi connectivity index (χ1) is 12.1. The lowest BCUT2D eigenvalue weighted by Crippen LogP contribution is -2.29. The van der Waals surface area contributed by atoms with Crippen LogP contribution in [0.15, 0.2) is 48.6 Å². The van der Waals surface area contributed by atoms with Gasteiger partial charge in [-0.3, -0.25) is 10.1 Å². The predicted octanol–water partition coefficient (Wildman–Crippen LogP) is 4.43. The largest absolute Gasteiger partial charge is 0.377 e. The summed E-state index contributed by atoms with van der Waals surface area (Å²) in [6.07, 6.45) is 4.93. The quantitative estimate of drug-likeness (QED) is 0.500. The fraction of sp³-hybridized carbons (Fsp3) is 0.211. The summed E-state index contributed by atoms with van der Waals surface area (Å²) in [5, 5.41) is 24.0. The molecule has 1 aliphatic heterocycles. The fourth-order valence-electron chi connectivity index (χ4n) is 3.88. The summed E-state index contributed by atoms with van der Waals surface area (Å²) in [7, 11) is 0. The van der Waals surface area contributed by atoms with Gasteiger partial charge in [-0.1, -0.05) is 24.3 Å². The third kappa shape index (κ3) is 2.45. The van der Waals surface area contributed by atoms with Crippen LogP contribution < -0.4 is 5.32 Å². The van der Waals surface area contributed by atoms with Gasteiger partial charge in [0.15, 0.2) is 0 Å². The van der Waals surface area contributed by atoms with Gasteiger partial charge in [-0.25, -0.2) is 4.39 Å². The first-order valence-corrected chi connectivity index (χ1v) is 7.99. The summed E-state index contributed by atoms with van der Waals surface area (Å²) in [4.78, 5) is 10.7. The Labute approximate surface area is 143 Å². The monoisotopic (exact) mass is 335 g/mol. The van der Waals surface area contributed by atoms with Gasteiger partial charge in [-0.15, -0.1) is 0 Å². The van der Waals surface area contributed by atoms with Crippen molar-refractivity contribution in [1.82, 2.24) is 0 Å². The van der Waals surface area contributed by atoms with E-state index in [2.05, 4.69) is 17.5 Å². The number of anilines is 1. The maximum Gasteiger partial charge on any atom is 0.271 e. The molecule has 0 aromatic heterocycles. The van der Waals surface area contributed by atoms with Crippen molar-refractivity contribution in [3.63, 3.8) is 0 Å². The highest BCUT2D eigenvalue weighted by molar-refractivity contribution is 5.71. The molecule has 1 aliphatic carbocycles. The molecule has 2 aromatic carbocycles. The second-order valence-electron chi connectivity index (χ2n) is 6.35. The average Bonchev–Trinajstić information content (AvgIpc) is 3.10. The number of fused-ring (bicyclic) bond motifs is 3. The smallest absolute Gasteiger partial charge is 0.271 e. The third-order valence-corrected chi connectivity index (χ3v) is 5.01. The second kappa shape index (κ2) is 5.71. The van der Waals surface area contributed by atoms with Gasteiger partial charge >= 0.3 is 0 Å². The zero-order valence-corrected chi connectivity index (χ0v) is 13.1. The number of rotatable bonds is 2. The van der Waals surface area contributed by atoms with Crippen LogP contribution in [0.1, 0.15) is 35.1 Å². The van der Waals surface area contributed by atoms with Gasteiger partial charge in [0.25, 0.3) is 5.69 Å². The Kier molecular flexibility index (Phi) is 3.50. The molecular formula is C19H14FN3O2. The molecule has 25 heavy (non-hydrogen) atoms. The van der Waals surface area contributed by atoms with E-state index in [9.17, 15) is 19.8 Å². The molecule has 5 nitrogen and oxygen atoms in total. The highest BCUT2D eigenvalue weighted by Gasteiger charge is 2.39. The SMILES string of the molecule is N#Cc1cc([N+](=O)[O-])cc2c1N[C@@H](c1ccc(F)cc1)[C@H]1CC=C[C@@H]21. The summed E-state index contributed by atoms with van der Waals surface area (Å²) in [5.41, 5.74) is 2.54. The summed E-state index contributed by atoms with van der Waals surface area (Å²) in [6.45, 7) is 0. The maximum absolute atomic E-state index is 13.3. The first kappa shape index (κ1) is 15.3. The van der Waals surface area contributed by atoms with Crippen molar-refractivity contribution in [2.45, 2.75) is 18.4 Å². The van der Waals surface area contributed by atoms with E-state index in [-0.39, 0.29) is 34.9 Å². The van der Waals surface area contributed by atoms with E-state index in [1.165, 1.54) is 18.2 Å². The molecule has 1 N–H and O–H groups in total. The molecule has 0 amide bonds. The van der Waals surface area contributed by atoms with Gasteiger partial charge in [0.2, 0.25) is 0 Å². The topological polar surface area (TPSA) is 79.0 Å². The minimum atomic E-state index is -0.471. The number of nitro benzene ring substituents is 1.